The first-order valence-corrected chi connectivity index (χ1v) is 6.08. The molecule has 0 saturated heterocycles. The number of rotatable bonds is 0. The smallest absolute Gasteiger partial charge is 0.259 e. The summed E-state index contributed by atoms with van der Waals surface area (Å²) in [5.41, 5.74) is 0.0787. The standard InChI is InChI=1S/C11H8ClNOS/c12-8-2-1-7-5-10-13(3-4-15-10)11(14)9(7)6-8/h1-2,5-6H,3-4H2. The predicted octanol–water partition coefficient (Wildman–Crippen LogP) is 2.76. The van der Waals surface area contributed by atoms with E-state index in [1.54, 1.807) is 17.8 Å². The van der Waals surface area contributed by atoms with Crippen molar-refractivity contribution in [1.82, 2.24) is 4.57 Å². The first-order chi connectivity index (χ1) is 7.25. The van der Waals surface area contributed by atoms with Crippen molar-refractivity contribution in [2.75, 3.05) is 5.75 Å². The van der Waals surface area contributed by atoms with E-state index in [2.05, 4.69) is 6.07 Å². The van der Waals surface area contributed by atoms with Gasteiger partial charge in [-0.15, -0.1) is 11.8 Å². The van der Waals surface area contributed by atoms with Gasteiger partial charge in [0, 0.05) is 22.7 Å². The van der Waals surface area contributed by atoms with Gasteiger partial charge in [-0.1, -0.05) is 17.7 Å². The molecule has 4 heteroatoms. The minimum Gasteiger partial charge on any atom is -0.302 e. The van der Waals surface area contributed by atoms with Gasteiger partial charge in [0.05, 0.1) is 5.03 Å². The third-order valence-corrected chi connectivity index (χ3v) is 3.86. The molecule has 2 nitrogen and oxygen atoms in total. The molecule has 0 atom stereocenters. The predicted molar refractivity (Wildman–Crippen MR) is 63.9 cm³/mol. The fourth-order valence-electron chi connectivity index (χ4n) is 1.87. The molecule has 1 aliphatic heterocycles. The molecule has 15 heavy (non-hydrogen) atoms. The second-order valence-corrected chi connectivity index (χ2v) is 5.07. The number of fused-ring (bicyclic) bond motifs is 2. The maximum Gasteiger partial charge on any atom is 0.259 e. The van der Waals surface area contributed by atoms with Crippen molar-refractivity contribution in [2.24, 2.45) is 0 Å². The molecular formula is C11H8ClNOS. The van der Waals surface area contributed by atoms with Crippen molar-refractivity contribution in [3.63, 3.8) is 0 Å². The third kappa shape index (κ3) is 1.38. The molecular weight excluding hydrogens is 230 g/mol. The molecule has 0 aliphatic carbocycles. The Morgan fingerprint density at radius 1 is 1.33 bits per heavy atom. The summed E-state index contributed by atoms with van der Waals surface area (Å²) in [6.07, 6.45) is 0. The zero-order chi connectivity index (χ0) is 10.4. The summed E-state index contributed by atoms with van der Waals surface area (Å²) in [5, 5.41) is 3.37. The Bertz CT molecular complexity index is 605. The highest BCUT2D eigenvalue weighted by Crippen LogP contribution is 2.27. The fourth-order valence-corrected chi connectivity index (χ4v) is 3.06. The lowest BCUT2D eigenvalue weighted by Crippen LogP contribution is -2.18. The van der Waals surface area contributed by atoms with Crippen LogP contribution in [-0.4, -0.2) is 10.3 Å². The number of aromatic nitrogens is 1. The number of hydrogen-bond donors (Lipinski definition) is 0. The molecule has 0 saturated carbocycles. The number of benzene rings is 1. The van der Waals surface area contributed by atoms with Gasteiger partial charge in [-0.3, -0.25) is 4.79 Å². The van der Waals surface area contributed by atoms with Gasteiger partial charge in [0.1, 0.15) is 0 Å². The van der Waals surface area contributed by atoms with Crippen LogP contribution in [-0.2, 0) is 6.54 Å². The van der Waals surface area contributed by atoms with E-state index in [1.165, 1.54) is 0 Å². The maximum absolute atomic E-state index is 12.1. The van der Waals surface area contributed by atoms with Crippen LogP contribution in [0.25, 0.3) is 10.8 Å². The molecule has 0 spiro atoms. The molecule has 1 aromatic heterocycles. The van der Waals surface area contributed by atoms with E-state index in [1.807, 2.05) is 16.7 Å². The quantitative estimate of drug-likeness (QED) is 0.703. The van der Waals surface area contributed by atoms with Crippen molar-refractivity contribution < 1.29 is 0 Å². The normalized spacial score (nSPS) is 14.5. The van der Waals surface area contributed by atoms with Crippen molar-refractivity contribution in [2.45, 2.75) is 11.6 Å². The van der Waals surface area contributed by atoms with Crippen LogP contribution in [0.15, 0.2) is 34.1 Å². The minimum atomic E-state index is 0.0787. The van der Waals surface area contributed by atoms with Gasteiger partial charge in [-0.2, -0.15) is 0 Å². The van der Waals surface area contributed by atoms with E-state index in [-0.39, 0.29) is 5.56 Å². The number of pyridine rings is 1. The maximum atomic E-state index is 12.1. The van der Waals surface area contributed by atoms with Crippen molar-refractivity contribution >= 4 is 34.1 Å². The van der Waals surface area contributed by atoms with Gasteiger partial charge in [0.25, 0.3) is 5.56 Å². The lowest BCUT2D eigenvalue weighted by Gasteiger charge is -2.04. The fraction of sp³-hybridized carbons (Fsp3) is 0.182. The van der Waals surface area contributed by atoms with E-state index in [9.17, 15) is 4.79 Å². The van der Waals surface area contributed by atoms with Gasteiger partial charge in [-0.05, 0) is 23.6 Å². The minimum absolute atomic E-state index is 0.0787. The zero-order valence-corrected chi connectivity index (χ0v) is 9.44. The van der Waals surface area contributed by atoms with Crippen LogP contribution in [0.4, 0.5) is 0 Å². The van der Waals surface area contributed by atoms with Crippen LogP contribution >= 0.6 is 23.4 Å². The second-order valence-electron chi connectivity index (χ2n) is 3.52. The summed E-state index contributed by atoms with van der Waals surface area (Å²) in [6, 6.07) is 7.53. The van der Waals surface area contributed by atoms with E-state index in [0.29, 0.717) is 10.4 Å². The largest absolute Gasteiger partial charge is 0.302 e. The molecule has 3 rings (SSSR count). The molecule has 0 fully saturated rings. The molecule has 1 aromatic carbocycles. The Morgan fingerprint density at radius 2 is 2.20 bits per heavy atom. The van der Waals surface area contributed by atoms with Gasteiger partial charge in [0.2, 0.25) is 0 Å². The number of halogens is 1. The summed E-state index contributed by atoms with van der Waals surface area (Å²) in [6.45, 7) is 0.807. The molecule has 0 amide bonds. The molecule has 0 bridgehead atoms. The monoisotopic (exact) mass is 237 g/mol. The summed E-state index contributed by atoms with van der Waals surface area (Å²) >= 11 is 7.62. The van der Waals surface area contributed by atoms with Gasteiger partial charge in [0.15, 0.2) is 0 Å². The SMILES string of the molecule is O=c1c2cc(Cl)ccc2cc2n1CCS2. The lowest BCUT2D eigenvalue weighted by atomic mass is 10.2. The van der Waals surface area contributed by atoms with E-state index < -0.39 is 0 Å². The molecule has 76 valence electrons. The van der Waals surface area contributed by atoms with E-state index in [0.717, 1.165) is 22.7 Å². The Hall–Kier alpha value is -0.930. The van der Waals surface area contributed by atoms with Crippen LogP contribution in [0.1, 0.15) is 0 Å². The van der Waals surface area contributed by atoms with Crippen LogP contribution in [0.2, 0.25) is 5.02 Å². The highest BCUT2D eigenvalue weighted by Gasteiger charge is 2.14. The summed E-state index contributed by atoms with van der Waals surface area (Å²) in [5.74, 6) is 0.985. The van der Waals surface area contributed by atoms with Crippen molar-refractivity contribution in [3.8, 4) is 0 Å². The second kappa shape index (κ2) is 3.29. The first kappa shape index (κ1) is 9.31. The van der Waals surface area contributed by atoms with Crippen LogP contribution in [0.3, 0.4) is 0 Å². The summed E-state index contributed by atoms with van der Waals surface area (Å²) < 4.78 is 1.82. The Balaban J connectivity index is 2.47. The molecule has 0 unspecified atom stereocenters. The Morgan fingerprint density at radius 3 is 3.07 bits per heavy atom. The summed E-state index contributed by atoms with van der Waals surface area (Å²) in [7, 11) is 0. The highest BCUT2D eigenvalue weighted by molar-refractivity contribution is 7.99. The molecule has 0 radical (unpaired) electrons. The van der Waals surface area contributed by atoms with Crippen LogP contribution < -0.4 is 5.56 Å². The lowest BCUT2D eigenvalue weighted by molar-refractivity contribution is 0.702. The van der Waals surface area contributed by atoms with Gasteiger partial charge < -0.3 is 4.57 Å². The number of hydrogen-bond acceptors (Lipinski definition) is 2. The number of thioether (sulfide) groups is 1. The topological polar surface area (TPSA) is 22.0 Å². The van der Waals surface area contributed by atoms with Crippen LogP contribution in [0.5, 0.6) is 0 Å². The number of nitrogens with zero attached hydrogens (tertiary/aromatic N) is 1. The average Bonchev–Trinajstić information content (AvgIpc) is 2.68. The average molecular weight is 238 g/mol. The Labute approximate surface area is 95.9 Å². The molecule has 2 heterocycles. The molecule has 2 aromatic rings. The zero-order valence-electron chi connectivity index (χ0n) is 7.87. The van der Waals surface area contributed by atoms with E-state index >= 15 is 0 Å². The third-order valence-electron chi connectivity index (χ3n) is 2.60. The molecule has 1 aliphatic rings. The van der Waals surface area contributed by atoms with Gasteiger partial charge in [-0.25, -0.2) is 0 Å². The summed E-state index contributed by atoms with van der Waals surface area (Å²) in [4.78, 5) is 12.1. The first-order valence-electron chi connectivity index (χ1n) is 4.71. The van der Waals surface area contributed by atoms with Crippen LogP contribution in [0, 0.1) is 0 Å². The van der Waals surface area contributed by atoms with Crippen molar-refractivity contribution in [1.29, 1.82) is 0 Å². The van der Waals surface area contributed by atoms with E-state index in [4.69, 9.17) is 11.6 Å². The molecule has 0 N–H and O–H groups in total. The van der Waals surface area contributed by atoms with Gasteiger partial charge >= 0.3 is 0 Å². The Kier molecular flexibility index (Phi) is 2.04. The highest BCUT2D eigenvalue weighted by atomic mass is 35.5. The van der Waals surface area contributed by atoms with Crippen molar-refractivity contribution in [3.05, 3.63) is 39.6 Å².